The highest BCUT2D eigenvalue weighted by Gasteiger charge is 2.11. The van der Waals surface area contributed by atoms with Crippen molar-refractivity contribution in [1.82, 2.24) is 0 Å². The Hall–Kier alpha value is -4.30. The van der Waals surface area contributed by atoms with Gasteiger partial charge in [-0.05, 0) is 52.6 Å². The van der Waals surface area contributed by atoms with Crippen molar-refractivity contribution < 1.29 is 4.42 Å². The second-order valence-electron chi connectivity index (χ2n) is 7.89. The summed E-state index contributed by atoms with van der Waals surface area (Å²) in [5.74, 6) is 0. The highest BCUT2D eigenvalue weighted by molar-refractivity contribution is 6.12. The van der Waals surface area contributed by atoms with E-state index in [0.717, 1.165) is 33.3 Å². The molecule has 0 aliphatic rings. The van der Waals surface area contributed by atoms with E-state index in [2.05, 4.69) is 96.3 Å². The number of anilines is 2. The normalized spacial score (nSPS) is 11.1. The van der Waals surface area contributed by atoms with Crippen LogP contribution >= 0.6 is 0 Å². The van der Waals surface area contributed by atoms with Gasteiger partial charge in [0, 0.05) is 11.1 Å². The zero-order valence-electron chi connectivity index (χ0n) is 17.5. The van der Waals surface area contributed by atoms with Gasteiger partial charge in [-0.25, -0.2) is 0 Å². The fourth-order valence-electron chi connectivity index (χ4n) is 4.37. The standard InChI is InChI=1S/C30H21NO/c1-2-9-21(10-3-1)24-11-4-5-12-25(24)22-17-19-23(20-18-22)31-27-14-8-16-29-30(27)26-13-6-7-15-28(26)32-29/h1-20,31H. The predicted octanol–water partition coefficient (Wildman–Crippen LogP) is 8.66. The van der Waals surface area contributed by atoms with Crippen LogP contribution in [0.2, 0.25) is 0 Å². The lowest BCUT2D eigenvalue weighted by Gasteiger charge is -2.12. The van der Waals surface area contributed by atoms with Gasteiger partial charge in [-0.1, -0.05) is 91.0 Å². The topological polar surface area (TPSA) is 25.2 Å². The molecule has 0 amide bonds. The molecular weight excluding hydrogens is 390 g/mol. The molecular formula is C30H21NO. The number of hydrogen-bond donors (Lipinski definition) is 1. The van der Waals surface area contributed by atoms with Gasteiger partial charge in [0.25, 0.3) is 0 Å². The second-order valence-corrected chi connectivity index (χ2v) is 7.89. The van der Waals surface area contributed by atoms with Crippen molar-refractivity contribution in [3.05, 3.63) is 121 Å². The Kier molecular flexibility index (Phi) is 4.47. The van der Waals surface area contributed by atoms with Crippen LogP contribution in [0.25, 0.3) is 44.2 Å². The van der Waals surface area contributed by atoms with Crippen LogP contribution in [0.1, 0.15) is 0 Å². The van der Waals surface area contributed by atoms with Crippen molar-refractivity contribution >= 4 is 33.3 Å². The molecule has 152 valence electrons. The third-order valence-corrected chi connectivity index (χ3v) is 5.89. The molecule has 0 fully saturated rings. The maximum absolute atomic E-state index is 6.02. The highest BCUT2D eigenvalue weighted by Crippen LogP contribution is 2.36. The molecule has 0 radical (unpaired) electrons. The molecule has 5 aromatic carbocycles. The lowest BCUT2D eigenvalue weighted by molar-refractivity contribution is 0.669. The Labute approximate surface area is 186 Å². The zero-order chi connectivity index (χ0) is 21.3. The summed E-state index contributed by atoms with van der Waals surface area (Å²) in [5.41, 5.74) is 8.78. The Bertz CT molecular complexity index is 1530. The number of benzene rings is 5. The average molecular weight is 412 g/mol. The molecule has 0 aliphatic carbocycles. The van der Waals surface area contributed by atoms with Gasteiger partial charge in [-0.15, -0.1) is 0 Å². The SMILES string of the molecule is c1ccc(-c2ccccc2-c2ccc(Nc3cccc4oc5ccccc5c34)cc2)cc1. The molecule has 2 nitrogen and oxygen atoms in total. The summed E-state index contributed by atoms with van der Waals surface area (Å²) in [5, 5.41) is 5.83. The number of furan rings is 1. The molecule has 0 saturated carbocycles. The molecule has 0 spiro atoms. The molecule has 0 saturated heterocycles. The van der Waals surface area contributed by atoms with Crippen LogP contribution < -0.4 is 5.32 Å². The van der Waals surface area contributed by atoms with E-state index in [1.54, 1.807) is 0 Å². The lowest BCUT2D eigenvalue weighted by atomic mass is 9.94. The summed E-state index contributed by atoms with van der Waals surface area (Å²) in [6.45, 7) is 0. The van der Waals surface area contributed by atoms with Gasteiger partial charge in [0.2, 0.25) is 0 Å². The van der Waals surface area contributed by atoms with Crippen molar-refractivity contribution in [2.45, 2.75) is 0 Å². The summed E-state index contributed by atoms with van der Waals surface area (Å²) >= 11 is 0. The van der Waals surface area contributed by atoms with E-state index in [9.17, 15) is 0 Å². The minimum absolute atomic E-state index is 0.893. The van der Waals surface area contributed by atoms with E-state index in [0.29, 0.717) is 0 Å². The molecule has 2 heteroatoms. The van der Waals surface area contributed by atoms with Crippen LogP contribution in [0, 0.1) is 0 Å². The maximum Gasteiger partial charge on any atom is 0.137 e. The fourth-order valence-corrected chi connectivity index (χ4v) is 4.37. The predicted molar refractivity (Wildman–Crippen MR) is 134 cm³/mol. The maximum atomic E-state index is 6.02. The Morgan fingerprint density at radius 3 is 1.88 bits per heavy atom. The summed E-state index contributed by atoms with van der Waals surface area (Å²) in [4.78, 5) is 0. The number of para-hydroxylation sites is 1. The Morgan fingerprint density at radius 2 is 1.09 bits per heavy atom. The summed E-state index contributed by atoms with van der Waals surface area (Å²) in [6.07, 6.45) is 0. The minimum atomic E-state index is 0.893. The molecule has 0 unspecified atom stereocenters. The molecule has 1 heterocycles. The van der Waals surface area contributed by atoms with Crippen molar-refractivity contribution in [1.29, 1.82) is 0 Å². The van der Waals surface area contributed by atoms with E-state index < -0.39 is 0 Å². The van der Waals surface area contributed by atoms with Crippen LogP contribution in [0.15, 0.2) is 126 Å². The summed E-state index contributed by atoms with van der Waals surface area (Å²) in [6, 6.07) is 42.0. The van der Waals surface area contributed by atoms with Gasteiger partial charge in [-0.3, -0.25) is 0 Å². The summed E-state index contributed by atoms with van der Waals surface area (Å²) < 4.78 is 6.02. The molecule has 0 aliphatic heterocycles. The van der Waals surface area contributed by atoms with Crippen LogP contribution in [0.4, 0.5) is 11.4 Å². The summed E-state index contributed by atoms with van der Waals surface area (Å²) in [7, 11) is 0. The molecule has 1 aromatic heterocycles. The van der Waals surface area contributed by atoms with Gasteiger partial charge in [0.1, 0.15) is 11.2 Å². The number of rotatable bonds is 4. The van der Waals surface area contributed by atoms with Crippen LogP contribution in [-0.2, 0) is 0 Å². The minimum Gasteiger partial charge on any atom is -0.456 e. The monoisotopic (exact) mass is 411 g/mol. The molecule has 32 heavy (non-hydrogen) atoms. The van der Waals surface area contributed by atoms with Crippen LogP contribution in [-0.4, -0.2) is 0 Å². The lowest BCUT2D eigenvalue weighted by Crippen LogP contribution is -1.91. The number of fused-ring (bicyclic) bond motifs is 3. The third-order valence-electron chi connectivity index (χ3n) is 5.89. The van der Waals surface area contributed by atoms with E-state index in [1.165, 1.54) is 22.3 Å². The molecule has 1 N–H and O–H groups in total. The first-order valence-corrected chi connectivity index (χ1v) is 10.8. The highest BCUT2D eigenvalue weighted by atomic mass is 16.3. The zero-order valence-corrected chi connectivity index (χ0v) is 17.5. The van der Waals surface area contributed by atoms with Crippen LogP contribution in [0.3, 0.4) is 0 Å². The Balaban J connectivity index is 1.36. The molecule has 6 aromatic rings. The van der Waals surface area contributed by atoms with Crippen molar-refractivity contribution in [2.24, 2.45) is 0 Å². The van der Waals surface area contributed by atoms with Gasteiger partial charge < -0.3 is 9.73 Å². The molecule has 0 atom stereocenters. The first kappa shape index (κ1) is 18.5. The van der Waals surface area contributed by atoms with Crippen molar-refractivity contribution in [3.8, 4) is 22.3 Å². The fraction of sp³-hybridized carbons (Fsp3) is 0. The van der Waals surface area contributed by atoms with Crippen LogP contribution in [0.5, 0.6) is 0 Å². The number of nitrogens with one attached hydrogen (secondary N) is 1. The largest absolute Gasteiger partial charge is 0.456 e. The average Bonchev–Trinajstić information content (AvgIpc) is 3.25. The van der Waals surface area contributed by atoms with E-state index in [4.69, 9.17) is 4.42 Å². The van der Waals surface area contributed by atoms with Gasteiger partial charge in [-0.2, -0.15) is 0 Å². The first-order chi connectivity index (χ1) is 15.9. The van der Waals surface area contributed by atoms with Gasteiger partial charge >= 0.3 is 0 Å². The van der Waals surface area contributed by atoms with Gasteiger partial charge in [0.05, 0.1) is 11.1 Å². The number of hydrogen-bond acceptors (Lipinski definition) is 2. The van der Waals surface area contributed by atoms with E-state index in [1.807, 2.05) is 30.3 Å². The second kappa shape index (κ2) is 7.75. The smallest absolute Gasteiger partial charge is 0.137 e. The van der Waals surface area contributed by atoms with E-state index in [-0.39, 0.29) is 0 Å². The van der Waals surface area contributed by atoms with Gasteiger partial charge in [0.15, 0.2) is 0 Å². The third kappa shape index (κ3) is 3.23. The van der Waals surface area contributed by atoms with E-state index >= 15 is 0 Å². The van der Waals surface area contributed by atoms with Crippen molar-refractivity contribution in [3.63, 3.8) is 0 Å². The quantitative estimate of drug-likeness (QED) is 0.314. The molecule has 0 bridgehead atoms. The van der Waals surface area contributed by atoms with Crippen molar-refractivity contribution in [2.75, 3.05) is 5.32 Å². The first-order valence-electron chi connectivity index (χ1n) is 10.8. The Morgan fingerprint density at radius 1 is 0.469 bits per heavy atom. The molecule has 6 rings (SSSR count).